The molecular formula is C25H28N4O. The van der Waals surface area contributed by atoms with Gasteiger partial charge in [0.05, 0.1) is 11.6 Å². The Balaban J connectivity index is 1.38. The van der Waals surface area contributed by atoms with Gasteiger partial charge in [0.1, 0.15) is 0 Å². The summed E-state index contributed by atoms with van der Waals surface area (Å²) in [5.41, 5.74) is 5.48. The van der Waals surface area contributed by atoms with Crippen LogP contribution in [0.2, 0.25) is 0 Å². The normalized spacial score (nSPS) is 16.3. The molecule has 0 saturated carbocycles. The predicted molar refractivity (Wildman–Crippen MR) is 120 cm³/mol. The molecule has 0 unspecified atom stereocenters. The van der Waals surface area contributed by atoms with Crippen LogP contribution in [-0.2, 0) is 11.3 Å². The molecule has 0 spiro atoms. The average Bonchev–Trinajstić information content (AvgIpc) is 2.78. The summed E-state index contributed by atoms with van der Waals surface area (Å²) in [7, 11) is 0. The van der Waals surface area contributed by atoms with Crippen LogP contribution in [0.3, 0.4) is 0 Å². The zero-order chi connectivity index (χ0) is 20.9. The Kier molecular flexibility index (Phi) is 6.07. The number of aromatic nitrogens is 2. The summed E-state index contributed by atoms with van der Waals surface area (Å²) < 4.78 is 0. The van der Waals surface area contributed by atoms with Gasteiger partial charge in [0, 0.05) is 25.2 Å². The number of piperidine rings is 1. The molecule has 1 atom stereocenters. The van der Waals surface area contributed by atoms with Crippen LogP contribution in [0, 0.1) is 19.8 Å². The van der Waals surface area contributed by atoms with Gasteiger partial charge in [0.25, 0.3) is 0 Å². The molecule has 5 nitrogen and oxygen atoms in total. The van der Waals surface area contributed by atoms with Crippen molar-refractivity contribution >= 4 is 11.7 Å². The van der Waals surface area contributed by atoms with Crippen molar-refractivity contribution < 1.29 is 4.79 Å². The van der Waals surface area contributed by atoms with E-state index in [2.05, 4.69) is 58.5 Å². The van der Waals surface area contributed by atoms with Crippen LogP contribution in [0.5, 0.6) is 0 Å². The number of aryl methyl sites for hydroxylation is 2. The highest BCUT2D eigenvalue weighted by Gasteiger charge is 2.26. The second-order valence-electron chi connectivity index (χ2n) is 8.14. The Morgan fingerprint density at radius 3 is 2.57 bits per heavy atom. The SMILES string of the molecule is Cc1cccc(CNC(=O)[C@@H]2CCCN(c3ccc(-c4cccc(C)c4)nn3)C2)c1. The molecule has 1 saturated heterocycles. The number of nitrogens with zero attached hydrogens (tertiary/aromatic N) is 3. The number of amides is 1. The van der Waals surface area contributed by atoms with Crippen LogP contribution >= 0.6 is 0 Å². The molecule has 2 aromatic carbocycles. The number of carbonyl (C=O) groups is 1. The van der Waals surface area contributed by atoms with Gasteiger partial charge < -0.3 is 10.2 Å². The fourth-order valence-electron chi connectivity index (χ4n) is 4.01. The second kappa shape index (κ2) is 9.08. The number of anilines is 1. The lowest BCUT2D eigenvalue weighted by atomic mass is 9.97. The third-order valence-corrected chi connectivity index (χ3v) is 5.63. The molecule has 1 amide bonds. The Morgan fingerprint density at radius 2 is 1.83 bits per heavy atom. The van der Waals surface area contributed by atoms with Gasteiger partial charge in [-0.05, 0) is 50.5 Å². The van der Waals surface area contributed by atoms with Gasteiger partial charge in [-0.1, -0.05) is 53.6 Å². The van der Waals surface area contributed by atoms with E-state index in [1.54, 1.807) is 0 Å². The fraction of sp³-hybridized carbons (Fsp3) is 0.320. The molecule has 30 heavy (non-hydrogen) atoms. The van der Waals surface area contributed by atoms with E-state index in [9.17, 15) is 4.79 Å². The van der Waals surface area contributed by atoms with Gasteiger partial charge >= 0.3 is 0 Å². The molecule has 1 aliphatic rings. The number of benzene rings is 2. The lowest BCUT2D eigenvalue weighted by Crippen LogP contribution is -2.43. The van der Waals surface area contributed by atoms with E-state index < -0.39 is 0 Å². The van der Waals surface area contributed by atoms with Crippen molar-refractivity contribution in [1.82, 2.24) is 15.5 Å². The second-order valence-corrected chi connectivity index (χ2v) is 8.14. The number of rotatable bonds is 5. The Bertz CT molecular complexity index is 1020. The highest BCUT2D eigenvalue weighted by Crippen LogP contribution is 2.24. The Labute approximate surface area is 178 Å². The van der Waals surface area contributed by atoms with E-state index in [1.807, 2.05) is 36.4 Å². The van der Waals surface area contributed by atoms with Crippen LogP contribution < -0.4 is 10.2 Å². The molecule has 4 rings (SSSR count). The molecule has 1 N–H and O–H groups in total. The Morgan fingerprint density at radius 1 is 1.03 bits per heavy atom. The Hall–Kier alpha value is -3.21. The standard InChI is InChI=1S/C25H28N4O/c1-18-6-3-8-20(14-18)16-26-25(30)22-10-5-13-29(17-22)24-12-11-23(27-28-24)21-9-4-7-19(2)15-21/h3-4,6-9,11-12,14-15,22H,5,10,13,16-17H2,1-2H3,(H,26,30)/t22-/m1/s1. The number of nitrogens with one attached hydrogen (secondary N) is 1. The maximum Gasteiger partial charge on any atom is 0.225 e. The summed E-state index contributed by atoms with van der Waals surface area (Å²) >= 11 is 0. The summed E-state index contributed by atoms with van der Waals surface area (Å²) in [4.78, 5) is 14.9. The van der Waals surface area contributed by atoms with Crippen molar-refractivity contribution in [2.45, 2.75) is 33.2 Å². The highest BCUT2D eigenvalue weighted by molar-refractivity contribution is 5.79. The first kappa shape index (κ1) is 20.1. The molecule has 1 aliphatic heterocycles. The molecule has 1 fully saturated rings. The lowest BCUT2D eigenvalue weighted by molar-refractivity contribution is -0.125. The summed E-state index contributed by atoms with van der Waals surface area (Å²) in [5, 5.41) is 12.0. The first-order valence-electron chi connectivity index (χ1n) is 10.6. The predicted octanol–water partition coefficient (Wildman–Crippen LogP) is 4.29. The summed E-state index contributed by atoms with van der Waals surface area (Å²) in [6, 6.07) is 20.5. The molecule has 0 aliphatic carbocycles. The van der Waals surface area contributed by atoms with Crippen molar-refractivity contribution in [2.24, 2.45) is 5.92 Å². The van der Waals surface area contributed by atoms with Crippen molar-refractivity contribution in [3.63, 3.8) is 0 Å². The fourth-order valence-corrected chi connectivity index (χ4v) is 4.01. The number of hydrogen-bond donors (Lipinski definition) is 1. The van der Waals surface area contributed by atoms with Gasteiger partial charge in [-0.25, -0.2) is 0 Å². The van der Waals surface area contributed by atoms with Crippen LogP contribution in [-0.4, -0.2) is 29.2 Å². The maximum atomic E-state index is 12.7. The third kappa shape index (κ3) is 4.85. The van der Waals surface area contributed by atoms with Gasteiger partial charge in [-0.15, -0.1) is 10.2 Å². The zero-order valence-electron chi connectivity index (χ0n) is 17.6. The summed E-state index contributed by atoms with van der Waals surface area (Å²) in [6.45, 7) is 6.29. The maximum absolute atomic E-state index is 12.7. The van der Waals surface area contributed by atoms with E-state index >= 15 is 0 Å². The average molecular weight is 401 g/mol. The van der Waals surface area contributed by atoms with Crippen molar-refractivity contribution in [2.75, 3.05) is 18.0 Å². The minimum atomic E-state index is -0.0261. The van der Waals surface area contributed by atoms with Crippen molar-refractivity contribution in [3.05, 3.63) is 77.4 Å². The highest BCUT2D eigenvalue weighted by atomic mass is 16.1. The zero-order valence-corrected chi connectivity index (χ0v) is 17.6. The van der Waals surface area contributed by atoms with Crippen LogP contribution in [0.15, 0.2) is 60.7 Å². The quantitative estimate of drug-likeness (QED) is 0.694. The van der Waals surface area contributed by atoms with E-state index in [-0.39, 0.29) is 11.8 Å². The monoisotopic (exact) mass is 400 g/mol. The molecule has 0 bridgehead atoms. The third-order valence-electron chi connectivity index (χ3n) is 5.63. The van der Waals surface area contributed by atoms with E-state index in [4.69, 9.17) is 0 Å². The first-order chi connectivity index (χ1) is 14.6. The molecule has 0 radical (unpaired) electrons. The smallest absolute Gasteiger partial charge is 0.225 e. The largest absolute Gasteiger partial charge is 0.354 e. The van der Waals surface area contributed by atoms with Gasteiger partial charge in [-0.2, -0.15) is 0 Å². The molecule has 154 valence electrons. The van der Waals surface area contributed by atoms with E-state index in [1.165, 1.54) is 11.1 Å². The molecule has 3 aromatic rings. The van der Waals surface area contributed by atoms with Gasteiger partial charge in [-0.3, -0.25) is 4.79 Å². The number of carbonyl (C=O) groups excluding carboxylic acids is 1. The molecule has 2 heterocycles. The molecular weight excluding hydrogens is 372 g/mol. The minimum Gasteiger partial charge on any atom is -0.354 e. The van der Waals surface area contributed by atoms with Crippen LogP contribution in [0.25, 0.3) is 11.3 Å². The molecule has 5 heteroatoms. The van der Waals surface area contributed by atoms with Crippen LogP contribution in [0.1, 0.15) is 29.5 Å². The van der Waals surface area contributed by atoms with Crippen molar-refractivity contribution in [3.8, 4) is 11.3 Å². The minimum absolute atomic E-state index is 0.0261. The first-order valence-corrected chi connectivity index (χ1v) is 10.6. The summed E-state index contributed by atoms with van der Waals surface area (Å²) in [5.74, 6) is 0.926. The van der Waals surface area contributed by atoms with E-state index in [0.29, 0.717) is 13.1 Å². The number of hydrogen-bond acceptors (Lipinski definition) is 4. The van der Waals surface area contributed by atoms with Crippen molar-refractivity contribution in [1.29, 1.82) is 0 Å². The summed E-state index contributed by atoms with van der Waals surface area (Å²) in [6.07, 6.45) is 1.88. The van der Waals surface area contributed by atoms with Crippen LogP contribution in [0.4, 0.5) is 5.82 Å². The van der Waals surface area contributed by atoms with Gasteiger partial charge in [0.15, 0.2) is 5.82 Å². The van der Waals surface area contributed by atoms with E-state index in [0.717, 1.165) is 42.0 Å². The topological polar surface area (TPSA) is 58.1 Å². The lowest BCUT2D eigenvalue weighted by Gasteiger charge is -2.32. The molecule has 1 aromatic heterocycles. The van der Waals surface area contributed by atoms with Gasteiger partial charge in [0.2, 0.25) is 5.91 Å².